The van der Waals surface area contributed by atoms with E-state index in [-0.39, 0.29) is 24.5 Å². The van der Waals surface area contributed by atoms with E-state index in [0.717, 1.165) is 81.1 Å². The number of nitrogens with zero attached hydrogens (tertiary/aromatic N) is 2. The van der Waals surface area contributed by atoms with Crippen molar-refractivity contribution in [2.75, 3.05) is 26.2 Å². The van der Waals surface area contributed by atoms with Gasteiger partial charge >= 0.3 is 0 Å². The Kier molecular flexibility index (Phi) is 11.6. The maximum atomic E-state index is 13.4. The number of rotatable bonds is 15. The zero-order valence-corrected chi connectivity index (χ0v) is 25.1. The number of β-amino-alcohol motifs (C(OH)–C–C–N with tert-alkyl or cyclic N) is 1. The van der Waals surface area contributed by atoms with Crippen molar-refractivity contribution < 1.29 is 14.6 Å². The van der Waals surface area contributed by atoms with Crippen LogP contribution in [-0.4, -0.2) is 59.3 Å². The summed E-state index contributed by atoms with van der Waals surface area (Å²) in [5, 5.41) is 15.1. The van der Waals surface area contributed by atoms with Crippen molar-refractivity contribution in [3.8, 4) is 5.75 Å². The Morgan fingerprint density at radius 2 is 1.53 bits per heavy atom. The van der Waals surface area contributed by atoms with Crippen molar-refractivity contribution in [1.29, 1.82) is 0 Å². The van der Waals surface area contributed by atoms with E-state index < -0.39 is 6.10 Å². The van der Waals surface area contributed by atoms with Crippen LogP contribution in [0.1, 0.15) is 49.7 Å². The molecule has 2 heterocycles. The number of aromatic nitrogens is 1. The number of pyridine rings is 1. The molecule has 3 aromatic carbocycles. The number of aliphatic hydroxyl groups is 1. The number of aliphatic hydroxyl groups excluding tert-OH is 1. The van der Waals surface area contributed by atoms with Crippen molar-refractivity contribution >= 4 is 16.8 Å². The minimum Gasteiger partial charge on any atom is -0.491 e. The molecular formula is C37H45N3O3. The van der Waals surface area contributed by atoms with E-state index in [1.807, 2.05) is 30.3 Å². The maximum absolute atomic E-state index is 13.4. The highest BCUT2D eigenvalue weighted by Crippen LogP contribution is 2.21. The molecule has 5 rings (SSSR count). The second kappa shape index (κ2) is 16.2. The Labute approximate surface area is 256 Å². The first kappa shape index (κ1) is 30.7. The molecule has 1 aromatic heterocycles. The fourth-order valence-corrected chi connectivity index (χ4v) is 6.07. The molecule has 1 aliphatic heterocycles. The first-order valence-corrected chi connectivity index (χ1v) is 15.9. The van der Waals surface area contributed by atoms with E-state index >= 15 is 0 Å². The van der Waals surface area contributed by atoms with Gasteiger partial charge in [0.25, 0.3) is 0 Å². The van der Waals surface area contributed by atoms with Crippen LogP contribution in [0.25, 0.3) is 10.9 Å². The summed E-state index contributed by atoms with van der Waals surface area (Å²) < 4.78 is 5.87. The van der Waals surface area contributed by atoms with Gasteiger partial charge in [-0.3, -0.25) is 9.78 Å². The average molecular weight is 580 g/mol. The first-order valence-electron chi connectivity index (χ1n) is 15.9. The quantitative estimate of drug-likeness (QED) is 0.175. The SMILES string of the molecule is O=C(NC(CCCc1ccccc1)CCCc1ccccc1)C1CCN(CC(O)COc2ccc3ncccc3c2)CC1. The molecule has 0 radical (unpaired) electrons. The van der Waals surface area contributed by atoms with Crippen molar-refractivity contribution in [3.63, 3.8) is 0 Å². The topological polar surface area (TPSA) is 74.7 Å². The minimum absolute atomic E-state index is 0.0293. The van der Waals surface area contributed by atoms with Gasteiger partial charge in [0.1, 0.15) is 18.5 Å². The highest BCUT2D eigenvalue weighted by molar-refractivity contribution is 5.80. The van der Waals surface area contributed by atoms with Gasteiger partial charge in [-0.05, 0) is 99.8 Å². The Hall–Kier alpha value is -3.74. The summed E-state index contributed by atoms with van der Waals surface area (Å²) >= 11 is 0. The highest BCUT2D eigenvalue weighted by Gasteiger charge is 2.27. The van der Waals surface area contributed by atoms with Crippen LogP contribution >= 0.6 is 0 Å². The third kappa shape index (κ3) is 9.91. The number of carbonyl (C=O) groups excluding carboxylic acids is 1. The number of nitrogens with one attached hydrogen (secondary N) is 1. The molecule has 0 bridgehead atoms. The van der Waals surface area contributed by atoms with Gasteiger partial charge in [-0.25, -0.2) is 0 Å². The lowest BCUT2D eigenvalue weighted by molar-refractivity contribution is -0.127. The van der Waals surface area contributed by atoms with Gasteiger partial charge in [-0.2, -0.15) is 0 Å². The molecule has 0 saturated carbocycles. The Morgan fingerprint density at radius 1 is 0.884 bits per heavy atom. The number of aryl methyl sites for hydroxylation is 2. The largest absolute Gasteiger partial charge is 0.491 e. The third-order valence-electron chi connectivity index (χ3n) is 8.51. The van der Waals surface area contributed by atoms with Crippen molar-refractivity contribution in [2.45, 2.75) is 63.5 Å². The van der Waals surface area contributed by atoms with E-state index in [4.69, 9.17) is 4.74 Å². The Morgan fingerprint density at radius 3 is 2.19 bits per heavy atom. The van der Waals surface area contributed by atoms with Crippen molar-refractivity contribution in [2.24, 2.45) is 5.92 Å². The number of carbonyl (C=O) groups is 1. The van der Waals surface area contributed by atoms with Crippen LogP contribution in [0, 0.1) is 5.92 Å². The van der Waals surface area contributed by atoms with E-state index in [1.165, 1.54) is 11.1 Å². The molecule has 0 aliphatic carbocycles. The van der Waals surface area contributed by atoms with Crippen LogP contribution in [0.5, 0.6) is 5.75 Å². The standard InChI is InChI=1S/C37H45N3O3/c41-34(28-43-35-19-20-36-32(26-35)16-9-23-38-36)27-40-24-21-31(22-25-40)37(42)39-33(17-7-14-29-10-3-1-4-11-29)18-8-15-30-12-5-2-6-13-30/h1-6,9-13,16,19-20,23,26,31,33-34,41H,7-8,14-15,17-18,21-22,24-25,27-28H2,(H,39,42). The lowest BCUT2D eigenvalue weighted by Gasteiger charge is -2.33. The van der Waals surface area contributed by atoms with Crippen molar-refractivity contribution in [3.05, 3.63) is 108 Å². The lowest BCUT2D eigenvalue weighted by atomic mass is 9.94. The fourth-order valence-electron chi connectivity index (χ4n) is 6.07. The fraction of sp³-hybridized carbons (Fsp3) is 0.405. The van der Waals surface area contributed by atoms with Gasteiger partial charge in [0.2, 0.25) is 5.91 Å². The molecule has 6 nitrogen and oxygen atoms in total. The van der Waals surface area contributed by atoms with Gasteiger partial charge < -0.3 is 20.1 Å². The molecule has 2 N–H and O–H groups in total. The number of hydrogen-bond acceptors (Lipinski definition) is 5. The smallest absolute Gasteiger partial charge is 0.223 e. The van der Waals surface area contributed by atoms with Crippen LogP contribution in [0.3, 0.4) is 0 Å². The van der Waals surface area contributed by atoms with E-state index in [9.17, 15) is 9.90 Å². The molecule has 226 valence electrons. The number of fused-ring (bicyclic) bond motifs is 1. The van der Waals surface area contributed by atoms with Crippen LogP contribution in [0.4, 0.5) is 0 Å². The minimum atomic E-state index is -0.589. The molecule has 1 saturated heterocycles. The molecular weight excluding hydrogens is 534 g/mol. The van der Waals surface area contributed by atoms with Crippen molar-refractivity contribution in [1.82, 2.24) is 15.2 Å². The van der Waals surface area contributed by atoms with E-state index in [1.54, 1.807) is 6.20 Å². The third-order valence-corrected chi connectivity index (χ3v) is 8.51. The summed E-state index contributed by atoms with van der Waals surface area (Å²) in [4.78, 5) is 19.9. The molecule has 1 amide bonds. The number of piperidine rings is 1. The van der Waals surface area contributed by atoms with E-state index in [0.29, 0.717) is 6.54 Å². The van der Waals surface area contributed by atoms with Crippen LogP contribution in [0.2, 0.25) is 0 Å². The molecule has 43 heavy (non-hydrogen) atoms. The zero-order valence-electron chi connectivity index (χ0n) is 25.1. The zero-order chi connectivity index (χ0) is 29.7. The number of benzene rings is 3. The summed E-state index contributed by atoms with van der Waals surface area (Å²) in [5.41, 5.74) is 3.63. The molecule has 6 heteroatoms. The summed E-state index contributed by atoms with van der Waals surface area (Å²) in [7, 11) is 0. The summed E-state index contributed by atoms with van der Waals surface area (Å²) in [6.45, 7) is 2.40. The predicted octanol–water partition coefficient (Wildman–Crippen LogP) is 6.22. The maximum Gasteiger partial charge on any atom is 0.223 e. The van der Waals surface area contributed by atoms with Gasteiger partial charge in [0, 0.05) is 30.1 Å². The molecule has 1 aliphatic rings. The van der Waals surface area contributed by atoms with Crippen LogP contribution < -0.4 is 10.1 Å². The second-order valence-corrected chi connectivity index (χ2v) is 11.9. The Balaban J connectivity index is 1.05. The average Bonchev–Trinajstić information content (AvgIpc) is 3.05. The van der Waals surface area contributed by atoms with Gasteiger partial charge in [0.15, 0.2) is 0 Å². The second-order valence-electron chi connectivity index (χ2n) is 11.9. The number of ether oxygens (including phenoxy) is 1. The Bertz CT molecular complexity index is 1340. The molecule has 0 spiro atoms. The highest BCUT2D eigenvalue weighted by atomic mass is 16.5. The van der Waals surface area contributed by atoms with E-state index in [2.05, 4.69) is 75.9 Å². The molecule has 1 fully saturated rings. The predicted molar refractivity (Wildman–Crippen MR) is 173 cm³/mol. The number of likely N-dealkylation sites (tertiary alicyclic amines) is 1. The molecule has 4 aromatic rings. The summed E-state index contributed by atoms with van der Waals surface area (Å²) in [5.74, 6) is 0.956. The first-order chi connectivity index (χ1) is 21.1. The lowest BCUT2D eigenvalue weighted by Crippen LogP contribution is -2.46. The number of hydrogen-bond donors (Lipinski definition) is 2. The monoisotopic (exact) mass is 579 g/mol. The molecule has 1 atom stereocenters. The van der Waals surface area contributed by atoms with Crippen LogP contribution in [-0.2, 0) is 17.6 Å². The van der Waals surface area contributed by atoms with Gasteiger partial charge in [-0.1, -0.05) is 66.7 Å². The molecule has 1 unspecified atom stereocenters. The summed E-state index contributed by atoms with van der Waals surface area (Å²) in [6, 6.07) is 31.1. The number of amides is 1. The summed E-state index contributed by atoms with van der Waals surface area (Å²) in [6.07, 6.45) is 9.01. The normalized spacial score (nSPS) is 15.0. The van der Waals surface area contributed by atoms with Gasteiger partial charge in [0.05, 0.1) is 5.52 Å². The van der Waals surface area contributed by atoms with Crippen LogP contribution in [0.15, 0.2) is 97.2 Å². The van der Waals surface area contributed by atoms with Gasteiger partial charge in [-0.15, -0.1) is 0 Å².